The minimum atomic E-state index is -5.25. The van der Waals surface area contributed by atoms with E-state index < -0.39 is 15.5 Å². The molecule has 1 atom stereocenters. The molecule has 1 unspecified atom stereocenters. The van der Waals surface area contributed by atoms with E-state index in [2.05, 4.69) is 29.5 Å². The summed E-state index contributed by atoms with van der Waals surface area (Å²) in [4.78, 5) is 4.58. The number of alkyl halides is 3. The SMILES string of the molecule is CCNC(=NCC(CCO)CC(C)C)NCC1CCN(S(=O)(=O)C(F)(F)F)CC1. The highest BCUT2D eigenvalue weighted by atomic mass is 32.2. The topological polar surface area (TPSA) is 94.0 Å². The number of aliphatic imine (C=N–C) groups is 1. The molecule has 0 amide bonds. The lowest BCUT2D eigenvalue weighted by Gasteiger charge is -2.31. The lowest BCUT2D eigenvalue weighted by Crippen LogP contribution is -2.47. The number of aliphatic hydroxyl groups excluding tert-OH is 1. The van der Waals surface area contributed by atoms with Gasteiger partial charge in [-0.1, -0.05) is 13.8 Å². The quantitative estimate of drug-likeness (QED) is 0.355. The Morgan fingerprint density at radius 1 is 1.24 bits per heavy atom. The Morgan fingerprint density at radius 2 is 1.86 bits per heavy atom. The van der Waals surface area contributed by atoms with Crippen LogP contribution in [-0.2, 0) is 10.0 Å². The van der Waals surface area contributed by atoms with Gasteiger partial charge in [-0.05, 0) is 50.4 Å². The van der Waals surface area contributed by atoms with Gasteiger partial charge in [0.15, 0.2) is 5.96 Å². The molecular weight excluding hydrogens is 409 g/mol. The van der Waals surface area contributed by atoms with E-state index in [4.69, 9.17) is 0 Å². The molecule has 1 heterocycles. The molecule has 0 aromatic heterocycles. The van der Waals surface area contributed by atoms with E-state index >= 15 is 0 Å². The van der Waals surface area contributed by atoms with Crippen LogP contribution in [0.15, 0.2) is 4.99 Å². The molecule has 0 aliphatic carbocycles. The Morgan fingerprint density at radius 3 is 2.34 bits per heavy atom. The van der Waals surface area contributed by atoms with E-state index in [0.29, 0.717) is 55.1 Å². The second-order valence-electron chi connectivity index (χ2n) is 7.90. The second-order valence-corrected chi connectivity index (χ2v) is 9.83. The third kappa shape index (κ3) is 8.67. The number of sulfonamides is 1. The van der Waals surface area contributed by atoms with Crippen molar-refractivity contribution in [1.29, 1.82) is 0 Å². The van der Waals surface area contributed by atoms with Crippen molar-refractivity contribution in [2.24, 2.45) is 22.7 Å². The van der Waals surface area contributed by atoms with Gasteiger partial charge in [-0.2, -0.15) is 17.5 Å². The lowest BCUT2D eigenvalue weighted by atomic mass is 9.94. The third-order valence-corrected chi connectivity index (χ3v) is 6.59. The van der Waals surface area contributed by atoms with Crippen molar-refractivity contribution < 1.29 is 26.7 Å². The Labute approximate surface area is 172 Å². The van der Waals surface area contributed by atoms with Crippen molar-refractivity contribution in [3.05, 3.63) is 0 Å². The van der Waals surface area contributed by atoms with E-state index in [-0.39, 0.29) is 31.5 Å². The van der Waals surface area contributed by atoms with Crippen LogP contribution in [0, 0.1) is 17.8 Å². The average molecular weight is 445 g/mol. The van der Waals surface area contributed by atoms with Crippen LogP contribution in [0.2, 0.25) is 0 Å². The fraction of sp³-hybridized carbons (Fsp3) is 0.944. The fourth-order valence-electron chi connectivity index (χ4n) is 3.44. The Kier molecular flexibility index (Phi) is 10.7. The highest BCUT2D eigenvalue weighted by Gasteiger charge is 2.50. The molecule has 1 fully saturated rings. The summed E-state index contributed by atoms with van der Waals surface area (Å²) in [5.41, 5.74) is -5.25. The van der Waals surface area contributed by atoms with Crippen molar-refractivity contribution in [3.63, 3.8) is 0 Å². The molecule has 0 saturated carbocycles. The van der Waals surface area contributed by atoms with Crippen LogP contribution in [0.3, 0.4) is 0 Å². The van der Waals surface area contributed by atoms with E-state index in [1.807, 2.05) is 6.92 Å². The standard InChI is InChI=1S/C18H35F3N4O3S/c1-4-22-17(24-13-16(7-10-26)11-14(2)3)23-12-15-5-8-25(9-6-15)29(27,28)18(19,20)21/h14-16,26H,4-13H2,1-3H3,(H2,22,23,24). The minimum absolute atomic E-state index is 0.0717. The van der Waals surface area contributed by atoms with Gasteiger partial charge in [-0.15, -0.1) is 0 Å². The number of guanidine groups is 1. The molecule has 1 saturated heterocycles. The van der Waals surface area contributed by atoms with Crippen molar-refractivity contribution in [1.82, 2.24) is 14.9 Å². The van der Waals surface area contributed by atoms with Gasteiger partial charge in [0.25, 0.3) is 0 Å². The number of piperidine rings is 1. The maximum Gasteiger partial charge on any atom is 0.511 e. The molecule has 1 aliphatic heterocycles. The molecule has 0 radical (unpaired) electrons. The number of nitrogens with one attached hydrogen (secondary N) is 2. The molecule has 0 aromatic carbocycles. The smallest absolute Gasteiger partial charge is 0.396 e. The molecular formula is C18H35F3N4O3S. The van der Waals surface area contributed by atoms with Crippen molar-refractivity contribution >= 4 is 16.0 Å². The van der Waals surface area contributed by atoms with Gasteiger partial charge in [0, 0.05) is 39.3 Å². The average Bonchev–Trinajstić information content (AvgIpc) is 2.63. The third-order valence-electron chi connectivity index (χ3n) is 4.96. The lowest BCUT2D eigenvalue weighted by molar-refractivity contribution is -0.0496. The first-order valence-corrected chi connectivity index (χ1v) is 11.6. The van der Waals surface area contributed by atoms with Crippen LogP contribution < -0.4 is 10.6 Å². The van der Waals surface area contributed by atoms with E-state index in [0.717, 1.165) is 6.42 Å². The number of nitrogens with zero attached hydrogens (tertiary/aromatic N) is 2. The van der Waals surface area contributed by atoms with Crippen molar-refractivity contribution in [3.8, 4) is 0 Å². The van der Waals surface area contributed by atoms with Gasteiger partial charge in [-0.3, -0.25) is 4.99 Å². The van der Waals surface area contributed by atoms with Gasteiger partial charge in [0.05, 0.1) is 0 Å². The Balaban J connectivity index is 2.56. The summed E-state index contributed by atoms with van der Waals surface area (Å²) < 4.78 is 61.5. The second kappa shape index (κ2) is 11.9. The Hall–Kier alpha value is -1.07. The van der Waals surface area contributed by atoms with Crippen LogP contribution in [0.4, 0.5) is 13.2 Å². The summed E-state index contributed by atoms with van der Waals surface area (Å²) in [6.45, 7) is 7.82. The van der Waals surface area contributed by atoms with Crippen LogP contribution in [0.1, 0.15) is 46.5 Å². The summed E-state index contributed by atoms with van der Waals surface area (Å²) in [7, 11) is -5.24. The van der Waals surface area contributed by atoms with Gasteiger partial charge >= 0.3 is 15.5 Å². The largest absolute Gasteiger partial charge is 0.511 e. The highest BCUT2D eigenvalue weighted by Crippen LogP contribution is 2.30. The number of hydrogen-bond donors (Lipinski definition) is 3. The summed E-state index contributed by atoms with van der Waals surface area (Å²) >= 11 is 0. The zero-order chi connectivity index (χ0) is 22.1. The molecule has 1 aliphatic rings. The number of aliphatic hydroxyl groups is 1. The van der Waals surface area contributed by atoms with Gasteiger partial charge < -0.3 is 15.7 Å². The zero-order valence-corrected chi connectivity index (χ0v) is 18.3. The molecule has 0 spiro atoms. The molecule has 29 heavy (non-hydrogen) atoms. The predicted octanol–water partition coefficient (Wildman–Crippen LogP) is 2.15. The van der Waals surface area contributed by atoms with Crippen LogP contribution in [0.25, 0.3) is 0 Å². The Bertz CT molecular complexity index is 604. The highest BCUT2D eigenvalue weighted by molar-refractivity contribution is 7.90. The van der Waals surface area contributed by atoms with Crippen LogP contribution in [-0.4, -0.2) is 68.6 Å². The van der Waals surface area contributed by atoms with Crippen molar-refractivity contribution in [2.75, 3.05) is 39.3 Å². The summed E-state index contributed by atoms with van der Waals surface area (Å²) in [5.74, 6) is 1.49. The van der Waals surface area contributed by atoms with Crippen molar-refractivity contribution in [2.45, 2.75) is 52.0 Å². The normalized spacial score (nSPS) is 18.8. The fourth-order valence-corrected chi connectivity index (χ4v) is 4.42. The van der Waals surface area contributed by atoms with E-state index in [9.17, 15) is 26.7 Å². The first-order valence-electron chi connectivity index (χ1n) is 10.2. The monoisotopic (exact) mass is 444 g/mol. The number of rotatable bonds is 10. The van der Waals surface area contributed by atoms with Crippen LogP contribution >= 0.6 is 0 Å². The molecule has 0 bridgehead atoms. The van der Waals surface area contributed by atoms with Gasteiger partial charge in [-0.25, -0.2) is 8.42 Å². The maximum atomic E-state index is 12.7. The predicted molar refractivity (Wildman–Crippen MR) is 108 cm³/mol. The molecule has 3 N–H and O–H groups in total. The number of halogens is 3. The zero-order valence-electron chi connectivity index (χ0n) is 17.5. The first kappa shape index (κ1) is 26.0. The number of hydrogen-bond acceptors (Lipinski definition) is 4. The van der Waals surface area contributed by atoms with Crippen LogP contribution in [0.5, 0.6) is 0 Å². The van der Waals surface area contributed by atoms with Gasteiger partial charge in [0.1, 0.15) is 0 Å². The summed E-state index contributed by atoms with van der Waals surface area (Å²) in [6.07, 6.45) is 2.38. The molecule has 0 aromatic rings. The minimum Gasteiger partial charge on any atom is -0.396 e. The molecule has 172 valence electrons. The first-order chi connectivity index (χ1) is 13.5. The van der Waals surface area contributed by atoms with Gasteiger partial charge in [0.2, 0.25) is 0 Å². The molecule has 7 nitrogen and oxygen atoms in total. The molecule has 1 rings (SSSR count). The summed E-state index contributed by atoms with van der Waals surface area (Å²) in [6, 6.07) is 0. The summed E-state index contributed by atoms with van der Waals surface area (Å²) in [5, 5.41) is 15.6. The molecule has 11 heteroatoms. The van der Waals surface area contributed by atoms with E-state index in [1.54, 1.807) is 0 Å². The maximum absolute atomic E-state index is 12.7. The van der Waals surface area contributed by atoms with E-state index in [1.165, 1.54) is 0 Å².